The third-order valence-corrected chi connectivity index (χ3v) is 3.74. The zero-order valence-electron chi connectivity index (χ0n) is 11.8. The van der Waals surface area contributed by atoms with Gasteiger partial charge in [0.25, 0.3) is 0 Å². The van der Waals surface area contributed by atoms with Gasteiger partial charge < -0.3 is 15.4 Å². The van der Waals surface area contributed by atoms with E-state index >= 15 is 0 Å². The summed E-state index contributed by atoms with van der Waals surface area (Å²) in [5.74, 6) is 0.943. The van der Waals surface area contributed by atoms with E-state index in [1.165, 1.54) is 0 Å². The Hall–Kier alpha value is -1.10. The lowest BCUT2D eigenvalue weighted by atomic mass is 10.1. The quantitative estimate of drug-likeness (QED) is 0.832. The molecule has 1 atom stereocenters. The second-order valence-electron chi connectivity index (χ2n) is 5.19. The van der Waals surface area contributed by atoms with Crippen LogP contribution >= 0.6 is 0 Å². The van der Waals surface area contributed by atoms with E-state index in [0.29, 0.717) is 6.04 Å². The maximum absolute atomic E-state index is 5.89. The Morgan fingerprint density at radius 1 is 1.16 bits per heavy atom. The molecule has 0 saturated carbocycles. The molecule has 1 unspecified atom stereocenters. The summed E-state index contributed by atoms with van der Waals surface area (Å²) in [6.45, 7) is 5.93. The van der Waals surface area contributed by atoms with Crippen molar-refractivity contribution in [1.29, 1.82) is 0 Å². The van der Waals surface area contributed by atoms with E-state index in [2.05, 4.69) is 16.8 Å². The normalized spacial score (nSPS) is 19.3. The average molecular weight is 263 g/mol. The van der Waals surface area contributed by atoms with E-state index in [1.807, 2.05) is 30.3 Å². The summed E-state index contributed by atoms with van der Waals surface area (Å²) in [4.78, 5) is 4.88. The first-order valence-corrected chi connectivity index (χ1v) is 7.10. The summed E-state index contributed by atoms with van der Waals surface area (Å²) < 4.78 is 5.89. The molecule has 0 radical (unpaired) electrons. The van der Waals surface area contributed by atoms with Gasteiger partial charge >= 0.3 is 0 Å². The Labute approximate surface area is 116 Å². The van der Waals surface area contributed by atoms with Crippen LogP contribution in [0.1, 0.15) is 6.42 Å². The highest BCUT2D eigenvalue weighted by Gasteiger charge is 2.22. The number of ether oxygens (including phenoxy) is 1. The molecule has 1 heterocycles. The standard InChI is InChI=1S/C15H25N3O/c1-17-9-11-18(12-10-17)14(7-8-16)13-19-15-5-3-2-4-6-15/h2-6,14H,7-13,16H2,1H3. The highest BCUT2D eigenvalue weighted by Crippen LogP contribution is 2.13. The minimum Gasteiger partial charge on any atom is -0.492 e. The fourth-order valence-corrected chi connectivity index (χ4v) is 2.46. The largest absolute Gasteiger partial charge is 0.492 e. The Balaban J connectivity index is 1.85. The molecule has 19 heavy (non-hydrogen) atoms. The van der Waals surface area contributed by atoms with Gasteiger partial charge in [-0.15, -0.1) is 0 Å². The smallest absolute Gasteiger partial charge is 0.119 e. The van der Waals surface area contributed by atoms with E-state index in [0.717, 1.165) is 51.5 Å². The molecular weight excluding hydrogens is 238 g/mol. The zero-order valence-corrected chi connectivity index (χ0v) is 11.8. The third kappa shape index (κ3) is 4.49. The summed E-state index contributed by atoms with van der Waals surface area (Å²) in [6, 6.07) is 10.4. The lowest BCUT2D eigenvalue weighted by Gasteiger charge is -2.37. The van der Waals surface area contributed by atoms with Crippen molar-refractivity contribution in [2.45, 2.75) is 12.5 Å². The molecule has 2 N–H and O–H groups in total. The topological polar surface area (TPSA) is 41.7 Å². The number of hydrogen-bond acceptors (Lipinski definition) is 4. The SMILES string of the molecule is CN1CCN(C(CCN)COc2ccccc2)CC1. The summed E-state index contributed by atoms with van der Waals surface area (Å²) in [7, 11) is 2.18. The number of benzene rings is 1. The first-order chi connectivity index (χ1) is 9.29. The lowest BCUT2D eigenvalue weighted by Crippen LogP contribution is -2.51. The van der Waals surface area contributed by atoms with E-state index in [4.69, 9.17) is 10.5 Å². The van der Waals surface area contributed by atoms with Crippen LogP contribution in [0.5, 0.6) is 5.75 Å². The molecule has 1 aliphatic heterocycles. The summed E-state index contributed by atoms with van der Waals surface area (Å²) >= 11 is 0. The number of nitrogens with zero attached hydrogens (tertiary/aromatic N) is 2. The van der Waals surface area contributed by atoms with E-state index in [-0.39, 0.29) is 0 Å². The van der Waals surface area contributed by atoms with Crippen LogP contribution in [0, 0.1) is 0 Å². The van der Waals surface area contributed by atoms with Crippen LogP contribution < -0.4 is 10.5 Å². The molecule has 106 valence electrons. The monoisotopic (exact) mass is 263 g/mol. The van der Waals surface area contributed by atoms with E-state index < -0.39 is 0 Å². The van der Waals surface area contributed by atoms with Crippen molar-refractivity contribution in [2.24, 2.45) is 5.73 Å². The number of likely N-dealkylation sites (N-methyl/N-ethyl adjacent to an activating group) is 1. The molecule has 2 rings (SSSR count). The highest BCUT2D eigenvalue weighted by atomic mass is 16.5. The van der Waals surface area contributed by atoms with Gasteiger partial charge in [0, 0.05) is 32.2 Å². The van der Waals surface area contributed by atoms with Gasteiger partial charge in [0.15, 0.2) is 0 Å². The molecule has 0 aromatic heterocycles. The first kappa shape index (κ1) is 14.3. The van der Waals surface area contributed by atoms with Gasteiger partial charge in [-0.1, -0.05) is 18.2 Å². The maximum Gasteiger partial charge on any atom is 0.119 e. The molecule has 0 amide bonds. The van der Waals surface area contributed by atoms with Gasteiger partial charge in [-0.3, -0.25) is 4.90 Å². The second-order valence-corrected chi connectivity index (χ2v) is 5.19. The molecule has 0 bridgehead atoms. The molecular formula is C15H25N3O. The highest BCUT2D eigenvalue weighted by molar-refractivity contribution is 5.20. The molecule has 0 spiro atoms. The van der Waals surface area contributed by atoms with E-state index in [9.17, 15) is 0 Å². The van der Waals surface area contributed by atoms with Crippen LogP contribution in [0.3, 0.4) is 0 Å². The number of rotatable bonds is 6. The van der Waals surface area contributed by atoms with Crippen LogP contribution in [-0.4, -0.2) is 62.2 Å². The van der Waals surface area contributed by atoms with Gasteiger partial charge in [-0.2, -0.15) is 0 Å². The molecule has 4 nitrogen and oxygen atoms in total. The molecule has 1 fully saturated rings. The Morgan fingerprint density at radius 2 is 1.84 bits per heavy atom. The van der Waals surface area contributed by atoms with E-state index in [1.54, 1.807) is 0 Å². The Kier molecular flexibility index (Phi) is 5.63. The minimum absolute atomic E-state index is 0.430. The first-order valence-electron chi connectivity index (χ1n) is 7.10. The second kappa shape index (κ2) is 7.48. The molecule has 4 heteroatoms. The lowest BCUT2D eigenvalue weighted by molar-refractivity contribution is 0.0785. The fraction of sp³-hybridized carbons (Fsp3) is 0.600. The number of nitrogens with two attached hydrogens (primary N) is 1. The van der Waals surface area contributed by atoms with Crippen molar-refractivity contribution < 1.29 is 4.74 Å². The number of piperazine rings is 1. The van der Waals surface area contributed by atoms with Crippen LogP contribution in [-0.2, 0) is 0 Å². The fourth-order valence-electron chi connectivity index (χ4n) is 2.46. The van der Waals surface area contributed by atoms with Gasteiger partial charge in [0.1, 0.15) is 12.4 Å². The summed E-state index contributed by atoms with van der Waals surface area (Å²) in [5, 5.41) is 0. The zero-order chi connectivity index (χ0) is 13.5. The summed E-state index contributed by atoms with van der Waals surface area (Å²) in [5.41, 5.74) is 5.74. The summed E-state index contributed by atoms with van der Waals surface area (Å²) in [6.07, 6.45) is 0.997. The third-order valence-electron chi connectivity index (χ3n) is 3.74. The van der Waals surface area contributed by atoms with Crippen molar-refractivity contribution in [2.75, 3.05) is 46.4 Å². The van der Waals surface area contributed by atoms with Crippen molar-refractivity contribution >= 4 is 0 Å². The van der Waals surface area contributed by atoms with Crippen LogP contribution in [0.25, 0.3) is 0 Å². The molecule has 1 aliphatic rings. The van der Waals surface area contributed by atoms with Gasteiger partial charge in [-0.05, 0) is 32.1 Å². The van der Waals surface area contributed by atoms with Gasteiger partial charge in [0.2, 0.25) is 0 Å². The average Bonchev–Trinajstić information content (AvgIpc) is 2.46. The number of hydrogen-bond donors (Lipinski definition) is 1. The molecule has 1 saturated heterocycles. The van der Waals surface area contributed by atoms with Crippen LogP contribution in [0.2, 0.25) is 0 Å². The van der Waals surface area contributed by atoms with Crippen LogP contribution in [0.4, 0.5) is 0 Å². The van der Waals surface area contributed by atoms with Crippen molar-refractivity contribution in [3.8, 4) is 5.75 Å². The molecule has 1 aromatic rings. The van der Waals surface area contributed by atoms with Crippen LogP contribution in [0.15, 0.2) is 30.3 Å². The Morgan fingerprint density at radius 3 is 2.47 bits per heavy atom. The van der Waals surface area contributed by atoms with Gasteiger partial charge in [0.05, 0.1) is 0 Å². The van der Waals surface area contributed by atoms with Crippen molar-refractivity contribution in [3.05, 3.63) is 30.3 Å². The predicted octanol–water partition coefficient (Wildman–Crippen LogP) is 1.03. The Bertz CT molecular complexity index is 350. The number of para-hydroxylation sites is 1. The minimum atomic E-state index is 0.430. The van der Waals surface area contributed by atoms with Crippen molar-refractivity contribution in [1.82, 2.24) is 9.80 Å². The van der Waals surface area contributed by atoms with Crippen molar-refractivity contribution in [3.63, 3.8) is 0 Å². The molecule has 1 aromatic carbocycles. The van der Waals surface area contributed by atoms with Gasteiger partial charge in [-0.25, -0.2) is 0 Å². The predicted molar refractivity (Wildman–Crippen MR) is 78.5 cm³/mol. The maximum atomic E-state index is 5.89. The molecule has 0 aliphatic carbocycles.